The predicted octanol–water partition coefficient (Wildman–Crippen LogP) is 2.23. The van der Waals surface area contributed by atoms with Crippen LogP contribution in [0.4, 0.5) is 0 Å². The number of methoxy groups -OCH3 is 1. The van der Waals surface area contributed by atoms with E-state index in [1.165, 1.54) is 11.8 Å². The number of nitrogens with zero attached hydrogens (tertiary/aromatic N) is 3. The molecule has 19 heavy (non-hydrogen) atoms. The van der Waals surface area contributed by atoms with Crippen LogP contribution in [-0.2, 0) is 11.3 Å². The molecule has 2 aromatic heterocycles. The summed E-state index contributed by atoms with van der Waals surface area (Å²) in [7, 11) is 1.61. The van der Waals surface area contributed by atoms with Gasteiger partial charge in [-0.1, -0.05) is 11.8 Å². The highest BCUT2D eigenvalue weighted by Gasteiger charge is 2.12. The first-order chi connectivity index (χ1) is 9.08. The zero-order valence-corrected chi connectivity index (χ0v) is 13.3. The van der Waals surface area contributed by atoms with Gasteiger partial charge < -0.3 is 4.74 Å². The van der Waals surface area contributed by atoms with Crippen LogP contribution >= 0.6 is 27.7 Å². The SMILES string of the molecule is COCCn1c(=O)c(Br)cc2c(C)nc(SC)nc21. The number of hydrogen-bond donors (Lipinski definition) is 0. The average Bonchev–Trinajstić information content (AvgIpc) is 2.40. The third-order valence-electron chi connectivity index (χ3n) is 2.77. The van der Waals surface area contributed by atoms with Gasteiger partial charge in [-0.2, -0.15) is 0 Å². The Hall–Kier alpha value is -0.920. The molecule has 0 aliphatic carbocycles. The number of pyridine rings is 1. The Morgan fingerprint density at radius 3 is 2.84 bits per heavy atom. The number of aryl methyl sites for hydroxylation is 1. The lowest BCUT2D eigenvalue weighted by atomic mass is 10.2. The van der Waals surface area contributed by atoms with Gasteiger partial charge in [0, 0.05) is 12.5 Å². The molecule has 0 aromatic carbocycles. The lowest BCUT2D eigenvalue weighted by Crippen LogP contribution is -2.24. The molecule has 0 saturated carbocycles. The first-order valence-corrected chi connectivity index (χ1v) is 7.71. The normalized spacial score (nSPS) is 11.2. The van der Waals surface area contributed by atoms with E-state index in [4.69, 9.17) is 4.74 Å². The van der Waals surface area contributed by atoms with Crippen molar-refractivity contribution < 1.29 is 4.74 Å². The van der Waals surface area contributed by atoms with Crippen LogP contribution in [0.25, 0.3) is 11.0 Å². The van der Waals surface area contributed by atoms with Crippen molar-refractivity contribution in [2.24, 2.45) is 0 Å². The van der Waals surface area contributed by atoms with Crippen molar-refractivity contribution in [2.45, 2.75) is 18.6 Å². The summed E-state index contributed by atoms with van der Waals surface area (Å²) in [5.74, 6) is 0. The van der Waals surface area contributed by atoms with Gasteiger partial charge in [0.25, 0.3) is 5.56 Å². The average molecular weight is 344 g/mol. The fourth-order valence-corrected chi connectivity index (χ4v) is 2.66. The third kappa shape index (κ3) is 2.82. The van der Waals surface area contributed by atoms with Gasteiger partial charge in [0.1, 0.15) is 5.65 Å². The molecule has 2 rings (SSSR count). The number of rotatable bonds is 4. The second-order valence-electron chi connectivity index (χ2n) is 3.97. The highest BCUT2D eigenvalue weighted by atomic mass is 79.9. The molecule has 0 spiro atoms. The molecular weight excluding hydrogens is 330 g/mol. The molecule has 2 aromatic rings. The van der Waals surface area contributed by atoms with Gasteiger partial charge in [-0.3, -0.25) is 9.36 Å². The molecule has 5 nitrogen and oxygen atoms in total. The summed E-state index contributed by atoms with van der Waals surface area (Å²) >= 11 is 4.75. The molecular formula is C12H14BrN3O2S. The molecule has 0 N–H and O–H groups in total. The van der Waals surface area contributed by atoms with Crippen molar-refractivity contribution in [1.82, 2.24) is 14.5 Å². The van der Waals surface area contributed by atoms with E-state index in [1.807, 2.05) is 13.2 Å². The van der Waals surface area contributed by atoms with E-state index in [2.05, 4.69) is 25.9 Å². The van der Waals surface area contributed by atoms with E-state index < -0.39 is 0 Å². The number of aromatic nitrogens is 3. The molecule has 0 fully saturated rings. The van der Waals surface area contributed by atoms with Gasteiger partial charge in [-0.25, -0.2) is 9.97 Å². The summed E-state index contributed by atoms with van der Waals surface area (Å²) in [4.78, 5) is 21.0. The van der Waals surface area contributed by atoms with E-state index >= 15 is 0 Å². The molecule has 0 amide bonds. The molecule has 0 aliphatic heterocycles. The number of fused-ring (bicyclic) bond motifs is 1. The van der Waals surface area contributed by atoms with Crippen LogP contribution in [0.5, 0.6) is 0 Å². The van der Waals surface area contributed by atoms with E-state index in [9.17, 15) is 4.79 Å². The Morgan fingerprint density at radius 1 is 1.47 bits per heavy atom. The molecule has 2 heterocycles. The maximum atomic E-state index is 12.2. The standard InChI is InChI=1S/C12H14BrN3O2S/c1-7-8-6-9(13)11(17)16(4-5-18-2)10(8)15-12(14-7)19-3/h6H,4-5H2,1-3H3. The lowest BCUT2D eigenvalue weighted by Gasteiger charge is -2.11. The van der Waals surface area contributed by atoms with E-state index in [0.717, 1.165) is 11.1 Å². The summed E-state index contributed by atoms with van der Waals surface area (Å²) in [6, 6.07) is 1.78. The van der Waals surface area contributed by atoms with Gasteiger partial charge in [-0.05, 0) is 35.2 Å². The van der Waals surface area contributed by atoms with Crippen LogP contribution in [0, 0.1) is 6.92 Å². The maximum absolute atomic E-state index is 12.2. The highest BCUT2D eigenvalue weighted by molar-refractivity contribution is 9.10. The molecule has 0 bridgehead atoms. The second-order valence-corrected chi connectivity index (χ2v) is 5.60. The van der Waals surface area contributed by atoms with Crippen LogP contribution in [0.15, 0.2) is 20.5 Å². The van der Waals surface area contributed by atoms with Crippen molar-refractivity contribution in [1.29, 1.82) is 0 Å². The minimum atomic E-state index is -0.102. The molecule has 0 atom stereocenters. The van der Waals surface area contributed by atoms with Gasteiger partial charge >= 0.3 is 0 Å². The second kappa shape index (κ2) is 6.02. The highest BCUT2D eigenvalue weighted by Crippen LogP contribution is 2.20. The van der Waals surface area contributed by atoms with Crippen molar-refractivity contribution in [2.75, 3.05) is 20.0 Å². The summed E-state index contributed by atoms with van der Waals surface area (Å²) < 4.78 is 7.19. The maximum Gasteiger partial charge on any atom is 0.266 e. The Labute approximate surface area is 123 Å². The quantitative estimate of drug-likeness (QED) is 0.629. The largest absolute Gasteiger partial charge is 0.383 e. The van der Waals surface area contributed by atoms with Crippen LogP contribution in [-0.4, -0.2) is 34.5 Å². The van der Waals surface area contributed by atoms with Crippen LogP contribution in [0.3, 0.4) is 0 Å². The Morgan fingerprint density at radius 2 is 2.21 bits per heavy atom. The fraction of sp³-hybridized carbons (Fsp3) is 0.417. The van der Waals surface area contributed by atoms with Gasteiger partial charge in [0.15, 0.2) is 5.16 Å². The number of halogens is 1. The molecule has 0 radical (unpaired) electrons. The number of thioether (sulfide) groups is 1. The predicted molar refractivity (Wildman–Crippen MR) is 79.9 cm³/mol. The van der Waals surface area contributed by atoms with Gasteiger partial charge in [0.05, 0.1) is 23.3 Å². The molecule has 0 unspecified atom stereocenters. The minimum absolute atomic E-state index is 0.102. The summed E-state index contributed by atoms with van der Waals surface area (Å²) in [5.41, 5.74) is 1.41. The topological polar surface area (TPSA) is 57.0 Å². The van der Waals surface area contributed by atoms with E-state index in [0.29, 0.717) is 28.4 Å². The number of hydrogen-bond acceptors (Lipinski definition) is 5. The monoisotopic (exact) mass is 343 g/mol. The van der Waals surface area contributed by atoms with E-state index in [1.54, 1.807) is 17.7 Å². The van der Waals surface area contributed by atoms with Crippen molar-refractivity contribution in [3.05, 3.63) is 26.6 Å². The Kier molecular flexibility index (Phi) is 4.59. The van der Waals surface area contributed by atoms with Crippen molar-refractivity contribution in [3.8, 4) is 0 Å². The van der Waals surface area contributed by atoms with Gasteiger partial charge in [-0.15, -0.1) is 0 Å². The molecule has 7 heteroatoms. The van der Waals surface area contributed by atoms with Crippen molar-refractivity contribution in [3.63, 3.8) is 0 Å². The van der Waals surface area contributed by atoms with E-state index in [-0.39, 0.29) is 5.56 Å². The minimum Gasteiger partial charge on any atom is -0.383 e. The smallest absolute Gasteiger partial charge is 0.266 e. The number of ether oxygens (including phenoxy) is 1. The molecule has 0 saturated heterocycles. The lowest BCUT2D eigenvalue weighted by molar-refractivity contribution is 0.187. The first kappa shape index (κ1) is 14.5. The molecule has 0 aliphatic rings. The summed E-state index contributed by atoms with van der Waals surface area (Å²) in [5, 5.41) is 1.54. The zero-order valence-electron chi connectivity index (χ0n) is 10.9. The van der Waals surface area contributed by atoms with Crippen LogP contribution in [0.1, 0.15) is 5.69 Å². The Balaban J connectivity index is 2.77. The van der Waals surface area contributed by atoms with Crippen LogP contribution < -0.4 is 5.56 Å². The molecule has 102 valence electrons. The third-order valence-corrected chi connectivity index (χ3v) is 3.89. The van der Waals surface area contributed by atoms with Crippen molar-refractivity contribution >= 4 is 38.7 Å². The zero-order chi connectivity index (χ0) is 14.0. The Bertz CT molecular complexity index is 672. The van der Waals surface area contributed by atoms with Crippen LogP contribution in [0.2, 0.25) is 0 Å². The first-order valence-electron chi connectivity index (χ1n) is 5.69. The summed E-state index contributed by atoms with van der Waals surface area (Å²) in [6.45, 7) is 2.85. The van der Waals surface area contributed by atoms with Gasteiger partial charge in [0.2, 0.25) is 0 Å². The fourth-order valence-electron chi connectivity index (χ4n) is 1.81. The summed E-state index contributed by atoms with van der Waals surface area (Å²) in [6.07, 6.45) is 1.91.